The number of piperidine rings is 2. The third-order valence-corrected chi connectivity index (χ3v) is 4.17. The molecule has 2 saturated heterocycles. The van der Waals surface area contributed by atoms with Crippen LogP contribution in [0.5, 0.6) is 0 Å². The average Bonchev–Trinajstić information content (AvgIpc) is 2.30. The molecule has 0 saturated carbocycles. The van der Waals surface area contributed by atoms with E-state index in [0.717, 1.165) is 23.3 Å². The Labute approximate surface area is 103 Å². The number of hydrogen-bond acceptors (Lipinski definition) is 2. The molecular formula is C11H20N2S2. The predicted octanol–water partition coefficient (Wildman–Crippen LogP) is 2.06. The highest BCUT2D eigenvalue weighted by molar-refractivity contribution is 8.10. The van der Waals surface area contributed by atoms with Crippen LogP contribution < -0.4 is 5.32 Å². The lowest BCUT2D eigenvalue weighted by molar-refractivity contribution is 0.157. The molecule has 0 aromatic carbocycles. The van der Waals surface area contributed by atoms with Crippen LogP contribution in [0.4, 0.5) is 0 Å². The summed E-state index contributed by atoms with van der Waals surface area (Å²) in [5.41, 5.74) is 0. The maximum Gasteiger partial charge on any atom is 0.133 e. The van der Waals surface area contributed by atoms with Crippen LogP contribution in [0.25, 0.3) is 0 Å². The summed E-state index contributed by atoms with van der Waals surface area (Å²) in [6.07, 6.45) is 6.59. The van der Waals surface area contributed by atoms with Crippen molar-refractivity contribution in [1.82, 2.24) is 10.2 Å². The van der Waals surface area contributed by atoms with Gasteiger partial charge in [0.1, 0.15) is 4.32 Å². The Morgan fingerprint density at radius 1 is 1.27 bits per heavy atom. The average molecular weight is 244 g/mol. The van der Waals surface area contributed by atoms with Gasteiger partial charge in [-0.15, -0.1) is 12.6 Å². The minimum Gasteiger partial charge on any atom is -0.354 e. The van der Waals surface area contributed by atoms with Crippen molar-refractivity contribution in [1.29, 1.82) is 0 Å². The smallest absolute Gasteiger partial charge is 0.133 e. The molecule has 2 heterocycles. The number of rotatable bonds is 1. The fourth-order valence-corrected chi connectivity index (χ4v) is 3.37. The van der Waals surface area contributed by atoms with E-state index in [0.29, 0.717) is 6.04 Å². The highest BCUT2D eigenvalue weighted by Gasteiger charge is 2.31. The zero-order valence-corrected chi connectivity index (χ0v) is 10.8. The van der Waals surface area contributed by atoms with E-state index in [-0.39, 0.29) is 0 Å². The van der Waals surface area contributed by atoms with Gasteiger partial charge in [0.25, 0.3) is 0 Å². The lowest BCUT2D eigenvalue weighted by atomic mass is 9.86. The van der Waals surface area contributed by atoms with E-state index in [1.165, 1.54) is 38.6 Å². The zero-order valence-electron chi connectivity index (χ0n) is 9.11. The lowest BCUT2D eigenvalue weighted by Gasteiger charge is -2.42. The van der Waals surface area contributed by atoms with Gasteiger partial charge in [0.15, 0.2) is 0 Å². The van der Waals surface area contributed by atoms with Gasteiger partial charge in [0, 0.05) is 12.6 Å². The Bertz CT molecular complexity index is 227. The van der Waals surface area contributed by atoms with Crippen molar-refractivity contribution in [2.45, 2.75) is 38.1 Å². The molecule has 0 amide bonds. The highest BCUT2D eigenvalue weighted by Crippen LogP contribution is 2.28. The second-order valence-corrected chi connectivity index (χ2v) is 5.76. The van der Waals surface area contributed by atoms with Crippen molar-refractivity contribution >= 4 is 29.2 Å². The lowest BCUT2D eigenvalue weighted by Crippen LogP contribution is -2.49. The molecule has 86 valence electrons. The molecule has 2 aliphatic rings. The van der Waals surface area contributed by atoms with Crippen LogP contribution in [0.1, 0.15) is 32.1 Å². The first-order chi connectivity index (χ1) is 7.29. The molecule has 0 bridgehead atoms. The van der Waals surface area contributed by atoms with Gasteiger partial charge < -0.3 is 10.2 Å². The van der Waals surface area contributed by atoms with E-state index in [4.69, 9.17) is 12.2 Å². The normalized spacial score (nSPS) is 32.7. The fourth-order valence-electron chi connectivity index (χ4n) is 2.89. The monoisotopic (exact) mass is 244 g/mol. The van der Waals surface area contributed by atoms with Crippen molar-refractivity contribution in [2.24, 2.45) is 5.92 Å². The van der Waals surface area contributed by atoms with Gasteiger partial charge in [-0.05, 0) is 51.1 Å². The number of hydrogen-bond donors (Lipinski definition) is 2. The topological polar surface area (TPSA) is 15.3 Å². The van der Waals surface area contributed by atoms with Gasteiger partial charge in [0.2, 0.25) is 0 Å². The van der Waals surface area contributed by atoms with Crippen LogP contribution >= 0.6 is 24.8 Å². The molecule has 0 aromatic rings. The molecule has 1 N–H and O–H groups in total. The maximum absolute atomic E-state index is 5.23. The molecule has 2 fully saturated rings. The van der Waals surface area contributed by atoms with Crippen LogP contribution in [0.3, 0.4) is 0 Å². The molecular weight excluding hydrogens is 224 g/mol. The number of nitrogens with zero attached hydrogens (tertiary/aromatic N) is 1. The molecule has 0 aromatic heterocycles. The van der Waals surface area contributed by atoms with Gasteiger partial charge in [-0.25, -0.2) is 0 Å². The zero-order chi connectivity index (χ0) is 10.7. The number of nitrogens with one attached hydrogen (secondary N) is 1. The van der Waals surface area contributed by atoms with E-state index < -0.39 is 0 Å². The Balaban J connectivity index is 1.99. The highest BCUT2D eigenvalue weighted by atomic mass is 32.1. The van der Waals surface area contributed by atoms with Crippen molar-refractivity contribution in [3.63, 3.8) is 0 Å². The van der Waals surface area contributed by atoms with Gasteiger partial charge in [0.05, 0.1) is 0 Å². The standard InChI is InChI=1S/C11H20N2S2/c14-11(15)13-7-2-1-5-10(13)9-4-3-6-12-8-9/h9-10,12H,1-8H2,(H,14,15). The van der Waals surface area contributed by atoms with Gasteiger partial charge in [-0.1, -0.05) is 12.2 Å². The van der Waals surface area contributed by atoms with E-state index in [1.807, 2.05) is 0 Å². The summed E-state index contributed by atoms with van der Waals surface area (Å²) in [7, 11) is 0. The number of likely N-dealkylation sites (tertiary alicyclic amines) is 1. The number of thiocarbonyl (C=S) groups is 1. The molecule has 0 spiro atoms. The molecule has 2 aliphatic heterocycles. The number of thiol groups is 1. The summed E-state index contributed by atoms with van der Waals surface area (Å²) in [6, 6.07) is 0.650. The van der Waals surface area contributed by atoms with E-state index in [9.17, 15) is 0 Å². The SMILES string of the molecule is S=C(S)N1CCCCC1C1CCCNC1. The Kier molecular flexibility index (Phi) is 4.29. The summed E-state index contributed by atoms with van der Waals surface area (Å²) < 4.78 is 0.797. The van der Waals surface area contributed by atoms with Gasteiger partial charge >= 0.3 is 0 Å². The van der Waals surface area contributed by atoms with E-state index >= 15 is 0 Å². The van der Waals surface area contributed by atoms with Crippen LogP contribution in [0.15, 0.2) is 0 Å². The first-order valence-corrected chi connectivity index (χ1v) is 6.85. The molecule has 15 heavy (non-hydrogen) atoms. The van der Waals surface area contributed by atoms with Crippen LogP contribution in [0, 0.1) is 5.92 Å². The molecule has 2 rings (SSSR count). The molecule has 2 unspecified atom stereocenters. The predicted molar refractivity (Wildman–Crippen MR) is 71.5 cm³/mol. The molecule has 2 atom stereocenters. The van der Waals surface area contributed by atoms with Crippen molar-refractivity contribution in [3.05, 3.63) is 0 Å². The van der Waals surface area contributed by atoms with Crippen molar-refractivity contribution < 1.29 is 0 Å². The summed E-state index contributed by atoms with van der Waals surface area (Å²) in [6.45, 7) is 3.47. The Morgan fingerprint density at radius 2 is 2.13 bits per heavy atom. The minimum absolute atomic E-state index is 0.650. The van der Waals surface area contributed by atoms with E-state index in [2.05, 4.69) is 22.8 Å². The quantitative estimate of drug-likeness (QED) is 0.542. The molecule has 2 nitrogen and oxygen atoms in total. The largest absolute Gasteiger partial charge is 0.354 e. The van der Waals surface area contributed by atoms with Gasteiger partial charge in [-0.3, -0.25) is 0 Å². The van der Waals surface area contributed by atoms with Crippen LogP contribution in [-0.4, -0.2) is 34.9 Å². The van der Waals surface area contributed by atoms with Crippen LogP contribution in [-0.2, 0) is 0 Å². The Morgan fingerprint density at radius 3 is 2.80 bits per heavy atom. The maximum atomic E-state index is 5.23. The second-order valence-electron chi connectivity index (χ2n) is 4.65. The molecule has 0 radical (unpaired) electrons. The molecule has 0 aliphatic carbocycles. The summed E-state index contributed by atoms with van der Waals surface area (Å²) >= 11 is 9.59. The summed E-state index contributed by atoms with van der Waals surface area (Å²) in [4.78, 5) is 2.35. The Hall–Kier alpha value is 0.200. The fraction of sp³-hybridized carbons (Fsp3) is 0.909. The minimum atomic E-state index is 0.650. The van der Waals surface area contributed by atoms with Gasteiger partial charge in [-0.2, -0.15) is 0 Å². The second kappa shape index (κ2) is 5.51. The van der Waals surface area contributed by atoms with Crippen molar-refractivity contribution in [2.75, 3.05) is 19.6 Å². The van der Waals surface area contributed by atoms with E-state index in [1.54, 1.807) is 0 Å². The third-order valence-electron chi connectivity index (χ3n) is 3.67. The summed E-state index contributed by atoms with van der Waals surface area (Å²) in [5.74, 6) is 0.782. The van der Waals surface area contributed by atoms with Crippen molar-refractivity contribution in [3.8, 4) is 0 Å². The first-order valence-electron chi connectivity index (χ1n) is 5.99. The first kappa shape index (κ1) is 11.7. The summed E-state index contributed by atoms with van der Waals surface area (Å²) in [5, 5.41) is 3.50. The molecule has 4 heteroatoms. The van der Waals surface area contributed by atoms with Crippen LogP contribution in [0.2, 0.25) is 0 Å². The third kappa shape index (κ3) is 2.86.